The van der Waals surface area contributed by atoms with Crippen LogP contribution < -0.4 is 15.5 Å². The van der Waals surface area contributed by atoms with Crippen LogP contribution in [-0.4, -0.2) is 61.4 Å². The lowest BCUT2D eigenvalue weighted by Gasteiger charge is -2.56. The molecule has 0 radical (unpaired) electrons. The average Bonchev–Trinajstić information content (AvgIpc) is 3.70. The second kappa shape index (κ2) is 8.93. The lowest BCUT2D eigenvalue weighted by Crippen LogP contribution is -2.71. The summed E-state index contributed by atoms with van der Waals surface area (Å²) >= 11 is 1.34. The smallest absolute Gasteiger partial charge is 0.257 e. The monoisotopic (exact) mass is 555 g/mol. The zero-order valence-corrected chi connectivity index (χ0v) is 22.4. The van der Waals surface area contributed by atoms with Crippen LogP contribution >= 0.6 is 11.3 Å². The third-order valence-corrected chi connectivity index (χ3v) is 8.98. The fourth-order valence-electron chi connectivity index (χ4n) is 6.15. The first-order chi connectivity index (χ1) is 19.6. The Balaban J connectivity index is 1.13. The van der Waals surface area contributed by atoms with Crippen molar-refractivity contribution in [1.29, 1.82) is 0 Å². The molecule has 40 heavy (non-hydrogen) atoms. The Kier molecular flexibility index (Phi) is 5.29. The number of hydrogen-bond acceptors (Lipinski definition) is 8. The van der Waals surface area contributed by atoms with Gasteiger partial charge >= 0.3 is 0 Å². The van der Waals surface area contributed by atoms with Crippen LogP contribution in [0, 0.1) is 11.2 Å². The molecule has 3 aliphatic rings. The third kappa shape index (κ3) is 3.74. The summed E-state index contributed by atoms with van der Waals surface area (Å²) in [7, 11) is 0. The number of nitrogens with one attached hydrogen (secondary N) is 2. The number of halogens is 1. The number of pyridine rings is 1. The standard InChI is InChI=1S/C28H26FN9OS/c29-22-19(17-4-6-21(32-10-17)37-14-28(15-37)12-30-13-28)5-3-18-11-38(35-23(18)22)25(26(39)34-27-31-7-9-40-27)24-20-2-1-8-36(20)16-33-24/h3-7,9-11,16,25,30H,1-2,8,12-15H2,(H,31,34,39). The summed E-state index contributed by atoms with van der Waals surface area (Å²) in [6.45, 7) is 5.00. The van der Waals surface area contributed by atoms with Crippen LogP contribution in [0.2, 0.25) is 0 Å². The second-order valence-corrected chi connectivity index (χ2v) is 11.8. The molecule has 1 amide bonds. The maximum atomic E-state index is 15.9. The topological polar surface area (TPSA) is 106 Å². The van der Waals surface area contributed by atoms with Gasteiger partial charge in [-0.15, -0.1) is 11.3 Å². The Morgan fingerprint density at radius 1 is 1.15 bits per heavy atom. The minimum atomic E-state index is -0.861. The molecule has 8 rings (SSSR count). The second-order valence-electron chi connectivity index (χ2n) is 10.9. The van der Waals surface area contributed by atoms with Crippen LogP contribution in [0.3, 0.4) is 0 Å². The first-order valence-electron chi connectivity index (χ1n) is 13.4. The van der Waals surface area contributed by atoms with E-state index < -0.39 is 11.9 Å². The highest BCUT2D eigenvalue weighted by molar-refractivity contribution is 7.13. The van der Waals surface area contributed by atoms with Gasteiger partial charge in [-0.1, -0.05) is 12.1 Å². The van der Waals surface area contributed by atoms with Crippen LogP contribution in [0.15, 0.2) is 54.6 Å². The van der Waals surface area contributed by atoms with Crippen molar-refractivity contribution in [2.75, 3.05) is 36.4 Å². The molecule has 12 heteroatoms. The first kappa shape index (κ1) is 23.7. The molecule has 0 bridgehead atoms. The van der Waals surface area contributed by atoms with Crippen LogP contribution in [-0.2, 0) is 17.8 Å². The Morgan fingerprint density at radius 2 is 2.05 bits per heavy atom. The minimum absolute atomic E-state index is 0.201. The molecule has 0 aliphatic carbocycles. The maximum absolute atomic E-state index is 15.9. The molecule has 2 saturated heterocycles. The SMILES string of the molecule is O=C(Nc1nccs1)C(c1ncn2c1CCC2)n1cc2ccc(-c3ccc(N4CC5(CNC5)C4)nc3)c(F)c2n1. The quantitative estimate of drug-likeness (QED) is 0.331. The molecule has 3 aliphatic heterocycles. The number of imidazole rings is 1. The Hall–Kier alpha value is -4.16. The van der Waals surface area contributed by atoms with E-state index in [-0.39, 0.29) is 11.4 Å². The van der Waals surface area contributed by atoms with Gasteiger partial charge in [-0.25, -0.2) is 19.3 Å². The molecule has 5 aromatic rings. The molecule has 7 heterocycles. The predicted octanol–water partition coefficient (Wildman–Crippen LogP) is 3.47. The predicted molar refractivity (Wildman–Crippen MR) is 150 cm³/mol. The number of aromatic nitrogens is 6. The number of hydrogen-bond donors (Lipinski definition) is 2. The Bertz CT molecular complexity index is 1730. The van der Waals surface area contributed by atoms with Crippen molar-refractivity contribution in [1.82, 2.24) is 34.6 Å². The summed E-state index contributed by atoms with van der Waals surface area (Å²) in [5.41, 5.74) is 3.35. The molecule has 10 nitrogen and oxygen atoms in total. The molecular weight excluding hydrogens is 529 g/mol. The van der Waals surface area contributed by atoms with Crippen LogP contribution in [0.1, 0.15) is 23.9 Å². The zero-order chi connectivity index (χ0) is 26.8. The van der Waals surface area contributed by atoms with E-state index in [4.69, 9.17) is 0 Å². The number of fused-ring (bicyclic) bond motifs is 2. The minimum Gasteiger partial charge on any atom is -0.355 e. The first-order valence-corrected chi connectivity index (χ1v) is 14.3. The number of benzene rings is 1. The summed E-state index contributed by atoms with van der Waals surface area (Å²) in [6, 6.07) is 6.58. The molecule has 4 aromatic heterocycles. The molecule has 1 aromatic carbocycles. The van der Waals surface area contributed by atoms with E-state index in [0.29, 0.717) is 32.8 Å². The highest BCUT2D eigenvalue weighted by Crippen LogP contribution is 2.37. The van der Waals surface area contributed by atoms with E-state index in [0.717, 1.165) is 57.1 Å². The fourth-order valence-corrected chi connectivity index (χ4v) is 6.68. The van der Waals surface area contributed by atoms with Gasteiger partial charge in [-0.05, 0) is 25.0 Å². The van der Waals surface area contributed by atoms with E-state index in [1.807, 2.05) is 18.2 Å². The molecule has 0 saturated carbocycles. The fraction of sp³-hybridized carbons (Fsp3) is 0.321. The van der Waals surface area contributed by atoms with Gasteiger partial charge in [0.2, 0.25) is 0 Å². The van der Waals surface area contributed by atoms with E-state index in [1.165, 1.54) is 16.0 Å². The normalized spacial score (nSPS) is 18.0. The number of rotatable bonds is 6. The van der Waals surface area contributed by atoms with Crippen molar-refractivity contribution in [3.63, 3.8) is 0 Å². The van der Waals surface area contributed by atoms with Gasteiger partial charge < -0.3 is 14.8 Å². The zero-order valence-electron chi connectivity index (χ0n) is 21.5. The highest BCUT2D eigenvalue weighted by Gasteiger charge is 2.47. The third-order valence-electron chi connectivity index (χ3n) is 8.30. The number of thiazole rings is 1. The van der Waals surface area contributed by atoms with Crippen molar-refractivity contribution in [3.05, 3.63) is 71.8 Å². The molecule has 2 N–H and O–H groups in total. The van der Waals surface area contributed by atoms with Crippen molar-refractivity contribution in [3.8, 4) is 11.1 Å². The van der Waals surface area contributed by atoms with E-state index in [9.17, 15) is 4.79 Å². The summed E-state index contributed by atoms with van der Waals surface area (Å²) < 4.78 is 19.5. The number of amides is 1. The molecular formula is C28H26FN9OS. The van der Waals surface area contributed by atoms with Gasteiger partial charge in [0, 0.05) is 84.3 Å². The maximum Gasteiger partial charge on any atom is 0.257 e. The van der Waals surface area contributed by atoms with Crippen LogP contribution in [0.25, 0.3) is 22.0 Å². The van der Waals surface area contributed by atoms with Crippen LogP contribution in [0.5, 0.6) is 0 Å². The number of nitrogens with zero attached hydrogens (tertiary/aromatic N) is 7. The summed E-state index contributed by atoms with van der Waals surface area (Å²) in [6.07, 6.45) is 8.66. The van der Waals surface area contributed by atoms with E-state index in [1.54, 1.807) is 36.4 Å². The summed E-state index contributed by atoms with van der Waals surface area (Å²) in [5, 5.41) is 13.7. The van der Waals surface area contributed by atoms with Gasteiger partial charge in [0.15, 0.2) is 17.0 Å². The molecule has 1 unspecified atom stereocenters. The number of aryl methyl sites for hydroxylation is 1. The Morgan fingerprint density at radius 3 is 2.80 bits per heavy atom. The van der Waals surface area contributed by atoms with Crippen molar-refractivity contribution >= 4 is 39.1 Å². The number of anilines is 2. The van der Waals surface area contributed by atoms with Gasteiger partial charge in [0.25, 0.3) is 5.91 Å². The van der Waals surface area contributed by atoms with Gasteiger partial charge in [-0.2, -0.15) is 5.10 Å². The van der Waals surface area contributed by atoms with Crippen LogP contribution in [0.4, 0.5) is 15.3 Å². The van der Waals surface area contributed by atoms with Gasteiger partial charge in [0.1, 0.15) is 11.3 Å². The molecule has 1 atom stereocenters. The summed E-state index contributed by atoms with van der Waals surface area (Å²) in [4.78, 5) is 29.2. The largest absolute Gasteiger partial charge is 0.355 e. The molecule has 1 spiro atoms. The lowest BCUT2D eigenvalue weighted by atomic mass is 9.74. The highest BCUT2D eigenvalue weighted by atomic mass is 32.1. The van der Waals surface area contributed by atoms with Crippen molar-refractivity contribution < 1.29 is 9.18 Å². The van der Waals surface area contributed by atoms with Crippen molar-refractivity contribution in [2.45, 2.75) is 25.4 Å². The molecule has 2 fully saturated rings. The van der Waals surface area contributed by atoms with Gasteiger partial charge in [-0.3, -0.25) is 14.8 Å². The number of carbonyl (C=O) groups excluding carboxylic acids is 1. The van der Waals surface area contributed by atoms with E-state index in [2.05, 4.69) is 40.2 Å². The molecule has 202 valence electrons. The average molecular weight is 556 g/mol. The van der Waals surface area contributed by atoms with Crippen molar-refractivity contribution in [2.24, 2.45) is 5.41 Å². The summed E-state index contributed by atoms with van der Waals surface area (Å²) in [5.74, 6) is 0.152. The van der Waals surface area contributed by atoms with Gasteiger partial charge in [0.05, 0.1) is 12.0 Å². The van der Waals surface area contributed by atoms with E-state index >= 15 is 4.39 Å². The number of carbonyl (C=O) groups is 1. The Labute approximate surface area is 232 Å². The lowest BCUT2D eigenvalue weighted by molar-refractivity contribution is -0.118.